The zero-order valence-corrected chi connectivity index (χ0v) is 21.5. The molecule has 36 heavy (non-hydrogen) atoms. The molecule has 4 rings (SSSR count). The number of thiophene rings is 1. The van der Waals surface area contributed by atoms with Crippen LogP contribution >= 0.6 is 11.3 Å². The molecular formula is C28H30N2O5S. The van der Waals surface area contributed by atoms with Gasteiger partial charge in [-0.25, -0.2) is 0 Å². The summed E-state index contributed by atoms with van der Waals surface area (Å²) in [6.07, 6.45) is 4.19. The number of ether oxygens (including phenoxy) is 2. The summed E-state index contributed by atoms with van der Waals surface area (Å²) in [5.41, 5.74) is 1.55. The largest absolute Gasteiger partial charge is 0.503 e. The monoisotopic (exact) mass is 506 g/mol. The molecule has 1 atom stereocenters. The van der Waals surface area contributed by atoms with Crippen molar-refractivity contribution in [2.75, 3.05) is 13.2 Å². The Balaban J connectivity index is 1.75. The zero-order valence-electron chi connectivity index (χ0n) is 20.6. The average Bonchev–Trinajstić information content (AvgIpc) is 3.49. The fourth-order valence-electron chi connectivity index (χ4n) is 4.11. The highest BCUT2D eigenvalue weighted by molar-refractivity contribution is 7.12. The highest BCUT2D eigenvalue weighted by Crippen LogP contribution is 2.43. The van der Waals surface area contributed by atoms with Gasteiger partial charge in [-0.15, -0.1) is 11.3 Å². The van der Waals surface area contributed by atoms with Crippen LogP contribution < -0.4 is 9.47 Å². The van der Waals surface area contributed by atoms with Crippen LogP contribution in [0, 0.1) is 5.92 Å². The molecule has 0 saturated carbocycles. The number of hydrogen-bond donors (Lipinski definition) is 1. The number of hydrogen-bond acceptors (Lipinski definition) is 7. The number of Topliss-reactive ketones (excluding diaryl/α,β-unsaturated/α-hetero) is 1. The van der Waals surface area contributed by atoms with Crippen LogP contribution in [0.2, 0.25) is 0 Å². The zero-order chi connectivity index (χ0) is 25.7. The Labute approximate surface area is 215 Å². The van der Waals surface area contributed by atoms with Crippen LogP contribution in [-0.2, 0) is 11.3 Å². The SMILES string of the molecule is CCOc1cc(C2C(C(=O)c3cccs3)=C(O)C(=O)N2Cc2ccncc2)ccc1OCCC(C)C. The van der Waals surface area contributed by atoms with E-state index in [4.69, 9.17) is 9.47 Å². The van der Waals surface area contributed by atoms with Gasteiger partial charge < -0.3 is 19.5 Å². The lowest BCUT2D eigenvalue weighted by atomic mass is 9.95. The minimum Gasteiger partial charge on any atom is -0.503 e. The van der Waals surface area contributed by atoms with Crippen molar-refractivity contribution in [1.29, 1.82) is 0 Å². The number of carbonyl (C=O) groups excluding carboxylic acids is 2. The van der Waals surface area contributed by atoms with Crippen molar-refractivity contribution in [3.63, 3.8) is 0 Å². The molecule has 1 aromatic carbocycles. The lowest BCUT2D eigenvalue weighted by Gasteiger charge is -2.27. The first-order valence-corrected chi connectivity index (χ1v) is 12.9. The molecule has 0 saturated heterocycles. The molecule has 2 aromatic heterocycles. The minimum atomic E-state index is -0.788. The maximum Gasteiger partial charge on any atom is 0.290 e. The smallest absolute Gasteiger partial charge is 0.290 e. The van der Waals surface area contributed by atoms with Crippen molar-refractivity contribution in [3.05, 3.63) is 87.6 Å². The van der Waals surface area contributed by atoms with Crippen molar-refractivity contribution in [1.82, 2.24) is 9.88 Å². The van der Waals surface area contributed by atoms with Gasteiger partial charge in [0.1, 0.15) is 0 Å². The van der Waals surface area contributed by atoms with Crippen molar-refractivity contribution in [3.8, 4) is 11.5 Å². The Hall–Kier alpha value is -3.65. The summed E-state index contributed by atoms with van der Waals surface area (Å²) < 4.78 is 11.8. The van der Waals surface area contributed by atoms with Crippen LogP contribution in [0.4, 0.5) is 0 Å². The van der Waals surface area contributed by atoms with Crippen molar-refractivity contribution >= 4 is 23.0 Å². The number of pyridine rings is 1. The fraction of sp³-hybridized carbons (Fsp3) is 0.321. The first-order valence-electron chi connectivity index (χ1n) is 12.0. The van der Waals surface area contributed by atoms with E-state index < -0.39 is 17.7 Å². The topological polar surface area (TPSA) is 89.0 Å². The molecule has 0 bridgehead atoms. The van der Waals surface area contributed by atoms with Crippen LogP contribution in [0.1, 0.15) is 54.0 Å². The molecule has 0 spiro atoms. The molecule has 1 aliphatic heterocycles. The Kier molecular flexibility index (Phi) is 8.05. The summed E-state index contributed by atoms with van der Waals surface area (Å²) in [7, 11) is 0. The first kappa shape index (κ1) is 25.4. The summed E-state index contributed by atoms with van der Waals surface area (Å²) in [5.74, 6) is 0.155. The van der Waals surface area contributed by atoms with Gasteiger partial charge in [0.15, 0.2) is 17.3 Å². The van der Waals surface area contributed by atoms with Crippen LogP contribution in [0.25, 0.3) is 0 Å². The third-order valence-corrected chi connectivity index (χ3v) is 6.80. The molecule has 8 heteroatoms. The second-order valence-corrected chi connectivity index (χ2v) is 9.88. The molecule has 0 aliphatic carbocycles. The van der Waals surface area contributed by atoms with E-state index >= 15 is 0 Å². The summed E-state index contributed by atoms with van der Waals surface area (Å²) in [5, 5.41) is 12.7. The molecule has 1 aliphatic rings. The Morgan fingerprint density at radius 1 is 1.14 bits per heavy atom. The number of benzene rings is 1. The number of aromatic nitrogens is 1. The molecule has 1 unspecified atom stereocenters. The summed E-state index contributed by atoms with van der Waals surface area (Å²) in [4.78, 5) is 32.7. The molecule has 7 nitrogen and oxygen atoms in total. The molecule has 1 amide bonds. The van der Waals surface area contributed by atoms with Crippen LogP contribution in [0.5, 0.6) is 11.5 Å². The van der Waals surface area contributed by atoms with E-state index in [1.807, 2.05) is 13.0 Å². The minimum absolute atomic E-state index is 0.0624. The second kappa shape index (κ2) is 11.4. The van der Waals surface area contributed by atoms with E-state index in [0.29, 0.717) is 41.1 Å². The quantitative estimate of drug-likeness (QED) is 0.333. The van der Waals surface area contributed by atoms with Gasteiger partial charge in [0, 0.05) is 18.9 Å². The Bertz CT molecular complexity index is 1240. The summed E-state index contributed by atoms with van der Waals surface area (Å²) >= 11 is 1.27. The van der Waals surface area contributed by atoms with Crippen LogP contribution in [-0.4, -0.2) is 39.9 Å². The first-order chi connectivity index (χ1) is 17.4. The van der Waals surface area contributed by atoms with Crippen LogP contribution in [0.3, 0.4) is 0 Å². The van der Waals surface area contributed by atoms with E-state index in [2.05, 4.69) is 18.8 Å². The standard InChI is InChI=1S/C28H30N2O5S/c1-4-34-22-16-20(7-8-21(22)35-14-11-18(2)3)25-24(26(31)23-6-5-15-36-23)27(32)28(33)30(25)17-19-9-12-29-13-10-19/h5-10,12-13,15-16,18,25,32H,4,11,14,17H2,1-3H3. The van der Waals surface area contributed by atoms with Crippen molar-refractivity contribution in [2.24, 2.45) is 5.92 Å². The molecule has 0 fully saturated rings. The van der Waals surface area contributed by atoms with Gasteiger partial charge in [0.05, 0.1) is 29.7 Å². The highest BCUT2D eigenvalue weighted by atomic mass is 32.1. The predicted octanol–water partition coefficient (Wildman–Crippen LogP) is 5.75. The van der Waals surface area contributed by atoms with E-state index in [0.717, 1.165) is 12.0 Å². The Morgan fingerprint density at radius 3 is 2.58 bits per heavy atom. The number of nitrogens with zero attached hydrogens (tertiary/aromatic N) is 2. The van der Waals surface area contributed by atoms with E-state index in [-0.39, 0.29) is 17.9 Å². The molecule has 3 heterocycles. The fourth-order valence-corrected chi connectivity index (χ4v) is 4.79. The molecule has 3 aromatic rings. The van der Waals surface area contributed by atoms with Gasteiger partial charge in [0.2, 0.25) is 5.78 Å². The van der Waals surface area contributed by atoms with Gasteiger partial charge in [0.25, 0.3) is 5.91 Å². The molecule has 0 radical (unpaired) electrons. The predicted molar refractivity (Wildman–Crippen MR) is 138 cm³/mol. The third kappa shape index (κ3) is 5.44. The van der Waals surface area contributed by atoms with Gasteiger partial charge in [-0.05, 0) is 66.1 Å². The average molecular weight is 507 g/mol. The van der Waals surface area contributed by atoms with E-state index in [9.17, 15) is 14.7 Å². The molecule has 188 valence electrons. The summed E-state index contributed by atoms with van der Waals surface area (Å²) in [6.45, 7) is 7.34. The maximum absolute atomic E-state index is 13.5. The number of carbonyl (C=O) groups is 2. The number of aliphatic hydroxyl groups is 1. The van der Waals surface area contributed by atoms with Gasteiger partial charge >= 0.3 is 0 Å². The van der Waals surface area contributed by atoms with Crippen molar-refractivity contribution in [2.45, 2.75) is 39.8 Å². The lowest BCUT2D eigenvalue weighted by molar-refractivity contribution is -0.130. The van der Waals surface area contributed by atoms with Crippen LogP contribution in [0.15, 0.2) is 71.6 Å². The van der Waals surface area contributed by atoms with E-state index in [1.165, 1.54) is 16.2 Å². The number of rotatable bonds is 11. The number of amides is 1. The van der Waals surface area contributed by atoms with E-state index in [1.54, 1.807) is 54.2 Å². The van der Waals surface area contributed by atoms with Gasteiger partial charge in [-0.2, -0.15) is 0 Å². The maximum atomic E-state index is 13.5. The second-order valence-electron chi connectivity index (χ2n) is 8.93. The molecule has 1 N–H and O–H groups in total. The lowest BCUT2D eigenvalue weighted by Crippen LogP contribution is -2.30. The van der Waals surface area contributed by atoms with Gasteiger partial charge in [-0.1, -0.05) is 26.0 Å². The third-order valence-electron chi connectivity index (χ3n) is 5.93. The van der Waals surface area contributed by atoms with Crippen molar-refractivity contribution < 1.29 is 24.2 Å². The summed E-state index contributed by atoms with van der Waals surface area (Å²) in [6, 6.07) is 11.7. The highest BCUT2D eigenvalue weighted by Gasteiger charge is 2.44. The molecular weight excluding hydrogens is 476 g/mol. The van der Waals surface area contributed by atoms with Gasteiger partial charge in [-0.3, -0.25) is 14.6 Å². The Morgan fingerprint density at radius 2 is 1.92 bits per heavy atom. The normalized spacial score (nSPS) is 15.6. The number of ketones is 1. The number of aliphatic hydroxyl groups excluding tert-OH is 1.